The van der Waals surface area contributed by atoms with Crippen LogP contribution in [0.3, 0.4) is 0 Å². The Balaban J connectivity index is 1.98. The van der Waals surface area contributed by atoms with Crippen molar-refractivity contribution in [1.82, 2.24) is 10.6 Å². The number of anilines is 1. The highest BCUT2D eigenvalue weighted by atomic mass is 19.4. The lowest BCUT2D eigenvalue weighted by atomic mass is 10.1. The minimum absolute atomic E-state index is 0.0151. The van der Waals surface area contributed by atoms with E-state index in [9.17, 15) is 22.8 Å². The first-order chi connectivity index (χ1) is 10.4. The number of urea groups is 1. The molecule has 1 aliphatic heterocycles. The molecule has 0 bridgehead atoms. The van der Waals surface area contributed by atoms with Gasteiger partial charge in [-0.15, -0.1) is 0 Å². The summed E-state index contributed by atoms with van der Waals surface area (Å²) >= 11 is 0. The second-order valence-corrected chi connectivity index (χ2v) is 5.02. The van der Waals surface area contributed by atoms with Crippen LogP contribution in [0, 0.1) is 0 Å². The third kappa shape index (κ3) is 4.37. The molecule has 5 nitrogen and oxygen atoms in total. The Labute approximate surface area is 125 Å². The first-order valence-corrected chi connectivity index (χ1v) is 6.89. The van der Waals surface area contributed by atoms with Gasteiger partial charge in [-0.25, -0.2) is 4.79 Å². The average Bonchev–Trinajstić information content (AvgIpc) is 2.63. The fourth-order valence-corrected chi connectivity index (χ4v) is 2.18. The Morgan fingerprint density at radius 1 is 1.27 bits per heavy atom. The molecule has 0 aromatic heterocycles. The molecule has 120 valence electrons. The van der Waals surface area contributed by atoms with Crippen molar-refractivity contribution < 1.29 is 22.8 Å². The summed E-state index contributed by atoms with van der Waals surface area (Å²) < 4.78 is 37.8. The quantitative estimate of drug-likeness (QED) is 0.785. The fourth-order valence-electron chi connectivity index (χ4n) is 2.18. The third-order valence-corrected chi connectivity index (χ3v) is 3.29. The number of hydrogen-bond acceptors (Lipinski definition) is 2. The molecule has 0 saturated carbocycles. The summed E-state index contributed by atoms with van der Waals surface area (Å²) in [4.78, 5) is 23.5. The highest BCUT2D eigenvalue weighted by Crippen LogP contribution is 2.30. The highest BCUT2D eigenvalue weighted by Gasteiger charge is 2.30. The summed E-state index contributed by atoms with van der Waals surface area (Å²) in [6.07, 6.45) is -2.36. The lowest BCUT2D eigenvalue weighted by Gasteiger charge is -2.16. The topological polar surface area (TPSA) is 70.2 Å². The Hall–Kier alpha value is -2.25. The maximum absolute atomic E-state index is 12.6. The predicted octanol–water partition coefficient (Wildman–Crippen LogP) is 2.50. The van der Waals surface area contributed by atoms with Crippen LogP contribution in [-0.2, 0) is 11.0 Å². The van der Waals surface area contributed by atoms with Crippen LogP contribution in [0.1, 0.15) is 24.8 Å². The smallest absolute Gasteiger partial charge is 0.354 e. The zero-order chi connectivity index (χ0) is 16.2. The van der Waals surface area contributed by atoms with Gasteiger partial charge in [0.2, 0.25) is 5.91 Å². The summed E-state index contributed by atoms with van der Waals surface area (Å²) in [5.74, 6) is -0.281. The van der Waals surface area contributed by atoms with Gasteiger partial charge in [0.25, 0.3) is 0 Å². The number of halogens is 3. The van der Waals surface area contributed by atoms with E-state index in [0.29, 0.717) is 13.0 Å². The molecule has 22 heavy (non-hydrogen) atoms. The SMILES string of the molecule is O=C(Nc1cccc(C(F)(F)F)c1)N[C@@H]1CCCCNC1=O. The van der Waals surface area contributed by atoms with Gasteiger partial charge in [0.1, 0.15) is 6.04 Å². The van der Waals surface area contributed by atoms with Crippen LogP contribution in [0.4, 0.5) is 23.7 Å². The summed E-state index contributed by atoms with van der Waals surface area (Å²) in [6.45, 7) is 0.562. The Bertz CT molecular complexity index is 561. The van der Waals surface area contributed by atoms with E-state index in [4.69, 9.17) is 0 Å². The van der Waals surface area contributed by atoms with E-state index >= 15 is 0 Å². The normalized spacial score (nSPS) is 19.0. The summed E-state index contributed by atoms with van der Waals surface area (Å²) in [5.41, 5.74) is -0.834. The monoisotopic (exact) mass is 315 g/mol. The van der Waals surface area contributed by atoms with Crippen molar-refractivity contribution in [1.29, 1.82) is 0 Å². The molecule has 1 aromatic rings. The summed E-state index contributed by atoms with van der Waals surface area (Å²) in [6, 6.07) is 2.93. The van der Waals surface area contributed by atoms with Gasteiger partial charge < -0.3 is 16.0 Å². The molecule has 8 heteroatoms. The van der Waals surface area contributed by atoms with Crippen molar-refractivity contribution in [3.63, 3.8) is 0 Å². The lowest BCUT2D eigenvalue weighted by molar-refractivity contribution is -0.137. The van der Waals surface area contributed by atoms with Gasteiger partial charge in [0, 0.05) is 12.2 Å². The van der Waals surface area contributed by atoms with E-state index in [1.165, 1.54) is 12.1 Å². The first-order valence-electron chi connectivity index (χ1n) is 6.89. The molecule has 3 N–H and O–H groups in total. The Morgan fingerprint density at radius 3 is 2.77 bits per heavy atom. The van der Waals surface area contributed by atoms with Crippen LogP contribution >= 0.6 is 0 Å². The van der Waals surface area contributed by atoms with Gasteiger partial charge in [0.05, 0.1) is 5.56 Å². The third-order valence-electron chi connectivity index (χ3n) is 3.29. The number of hydrogen-bond donors (Lipinski definition) is 3. The standard InChI is InChI=1S/C14H16F3N3O2/c15-14(16,17)9-4-3-5-10(8-9)19-13(22)20-11-6-1-2-7-18-12(11)21/h3-5,8,11H,1-2,6-7H2,(H,18,21)(H2,19,20,22)/t11-/m1/s1. The van der Waals surface area contributed by atoms with Gasteiger partial charge >= 0.3 is 12.2 Å². The van der Waals surface area contributed by atoms with Crippen molar-refractivity contribution in [3.8, 4) is 0 Å². The molecular weight excluding hydrogens is 299 g/mol. The van der Waals surface area contributed by atoms with Crippen molar-refractivity contribution >= 4 is 17.6 Å². The van der Waals surface area contributed by atoms with Crippen molar-refractivity contribution in [2.75, 3.05) is 11.9 Å². The van der Waals surface area contributed by atoms with E-state index in [2.05, 4.69) is 16.0 Å². The number of benzene rings is 1. The van der Waals surface area contributed by atoms with E-state index in [0.717, 1.165) is 25.0 Å². The van der Waals surface area contributed by atoms with Gasteiger partial charge in [-0.1, -0.05) is 6.07 Å². The average molecular weight is 315 g/mol. The molecule has 1 aromatic carbocycles. The minimum Gasteiger partial charge on any atom is -0.354 e. The highest BCUT2D eigenvalue weighted by molar-refractivity contribution is 5.93. The van der Waals surface area contributed by atoms with Crippen molar-refractivity contribution in [2.45, 2.75) is 31.5 Å². The molecule has 3 amide bonds. The second kappa shape index (κ2) is 6.67. The number of alkyl halides is 3. The number of carbonyl (C=O) groups is 2. The van der Waals surface area contributed by atoms with E-state index < -0.39 is 23.8 Å². The molecular formula is C14H16F3N3O2. The first kappa shape index (κ1) is 16.1. The Morgan fingerprint density at radius 2 is 2.05 bits per heavy atom. The van der Waals surface area contributed by atoms with Crippen LogP contribution in [-0.4, -0.2) is 24.5 Å². The molecule has 0 spiro atoms. The molecule has 1 fully saturated rings. The molecule has 0 unspecified atom stereocenters. The molecule has 2 rings (SSSR count). The van der Waals surface area contributed by atoms with Crippen LogP contribution in [0.25, 0.3) is 0 Å². The molecule has 0 radical (unpaired) electrons. The van der Waals surface area contributed by atoms with Gasteiger partial charge in [-0.3, -0.25) is 4.79 Å². The van der Waals surface area contributed by atoms with Crippen LogP contribution in [0.5, 0.6) is 0 Å². The second-order valence-electron chi connectivity index (χ2n) is 5.02. The predicted molar refractivity (Wildman–Crippen MR) is 74.2 cm³/mol. The van der Waals surface area contributed by atoms with Gasteiger partial charge in [-0.05, 0) is 37.5 Å². The maximum atomic E-state index is 12.6. The zero-order valence-corrected chi connectivity index (χ0v) is 11.7. The van der Waals surface area contributed by atoms with Crippen molar-refractivity contribution in [2.24, 2.45) is 0 Å². The summed E-state index contributed by atoms with van der Waals surface area (Å²) in [5, 5.41) is 7.45. The number of rotatable bonds is 2. The number of carbonyl (C=O) groups excluding carboxylic acids is 2. The van der Waals surface area contributed by atoms with Gasteiger partial charge in [-0.2, -0.15) is 13.2 Å². The van der Waals surface area contributed by atoms with Crippen LogP contribution in [0.2, 0.25) is 0 Å². The van der Waals surface area contributed by atoms with E-state index in [-0.39, 0.29) is 11.6 Å². The minimum atomic E-state index is -4.48. The molecule has 1 saturated heterocycles. The molecule has 1 heterocycles. The van der Waals surface area contributed by atoms with Crippen molar-refractivity contribution in [3.05, 3.63) is 29.8 Å². The number of amides is 3. The zero-order valence-electron chi connectivity index (χ0n) is 11.7. The van der Waals surface area contributed by atoms with E-state index in [1.807, 2.05) is 0 Å². The number of nitrogens with one attached hydrogen (secondary N) is 3. The fraction of sp³-hybridized carbons (Fsp3) is 0.429. The largest absolute Gasteiger partial charge is 0.416 e. The maximum Gasteiger partial charge on any atom is 0.416 e. The van der Waals surface area contributed by atoms with Crippen LogP contribution in [0.15, 0.2) is 24.3 Å². The van der Waals surface area contributed by atoms with E-state index in [1.54, 1.807) is 0 Å². The molecule has 1 atom stereocenters. The lowest BCUT2D eigenvalue weighted by Crippen LogP contribution is -2.47. The van der Waals surface area contributed by atoms with Gasteiger partial charge in [0.15, 0.2) is 0 Å². The summed E-state index contributed by atoms with van der Waals surface area (Å²) in [7, 11) is 0. The van der Waals surface area contributed by atoms with Crippen LogP contribution < -0.4 is 16.0 Å². The molecule has 0 aliphatic carbocycles. The molecule has 1 aliphatic rings. The Kier molecular flexibility index (Phi) is 4.89.